The summed E-state index contributed by atoms with van der Waals surface area (Å²) in [6.07, 6.45) is 2.45. The summed E-state index contributed by atoms with van der Waals surface area (Å²) >= 11 is 0. The second-order valence-electron chi connectivity index (χ2n) is 5.36. The van der Waals surface area contributed by atoms with Gasteiger partial charge in [-0.1, -0.05) is 0 Å². The molecule has 2 aliphatic heterocycles. The van der Waals surface area contributed by atoms with E-state index in [-0.39, 0.29) is 11.8 Å². The molecule has 0 aromatic rings. The maximum absolute atomic E-state index is 12.5. The molecule has 0 N–H and O–H groups in total. The predicted octanol–water partition coefficient (Wildman–Crippen LogP) is -0.899. The second kappa shape index (κ2) is 5.69. The molecule has 0 radical (unpaired) electrons. The van der Waals surface area contributed by atoms with Gasteiger partial charge in [-0.05, 0) is 12.8 Å². The SMILES string of the molecule is CC(=O)N1CCN(C(=O)C2CCCN2S(C)(=O)=O)CC1. The third-order valence-corrected chi connectivity index (χ3v) is 5.24. The molecular weight excluding hydrogens is 282 g/mol. The molecule has 20 heavy (non-hydrogen) atoms. The Balaban J connectivity index is 2.00. The largest absolute Gasteiger partial charge is 0.339 e. The van der Waals surface area contributed by atoms with Crippen molar-refractivity contribution in [2.45, 2.75) is 25.8 Å². The van der Waals surface area contributed by atoms with Crippen molar-refractivity contribution in [1.29, 1.82) is 0 Å². The lowest BCUT2D eigenvalue weighted by Crippen LogP contribution is -2.55. The quantitative estimate of drug-likeness (QED) is 0.662. The average Bonchev–Trinajstić information content (AvgIpc) is 2.87. The zero-order chi connectivity index (χ0) is 14.9. The van der Waals surface area contributed by atoms with Gasteiger partial charge in [-0.2, -0.15) is 4.31 Å². The van der Waals surface area contributed by atoms with E-state index in [1.165, 1.54) is 11.2 Å². The fourth-order valence-electron chi connectivity index (χ4n) is 2.84. The third-order valence-electron chi connectivity index (χ3n) is 3.95. The third kappa shape index (κ3) is 3.12. The summed E-state index contributed by atoms with van der Waals surface area (Å²) < 4.78 is 24.6. The van der Waals surface area contributed by atoms with Crippen LogP contribution in [0.15, 0.2) is 0 Å². The first-order chi connectivity index (χ1) is 9.30. The van der Waals surface area contributed by atoms with Gasteiger partial charge in [0.25, 0.3) is 0 Å². The molecule has 1 atom stereocenters. The van der Waals surface area contributed by atoms with Gasteiger partial charge < -0.3 is 9.80 Å². The topological polar surface area (TPSA) is 78.0 Å². The summed E-state index contributed by atoms with van der Waals surface area (Å²) in [5, 5.41) is 0. The lowest BCUT2D eigenvalue weighted by molar-refractivity contribution is -0.140. The second-order valence-corrected chi connectivity index (χ2v) is 7.30. The molecule has 2 fully saturated rings. The van der Waals surface area contributed by atoms with E-state index in [1.807, 2.05) is 0 Å². The highest BCUT2D eigenvalue weighted by molar-refractivity contribution is 7.88. The Labute approximate surface area is 119 Å². The number of piperazine rings is 1. The van der Waals surface area contributed by atoms with Crippen molar-refractivity contribution >= 4 is 21.8 Å². The minimum Gasteiger partial charge on any atom is -0.339 e. The molecule has 114 valence electrons. The predicted molar refractivity (Wildman–Crippen MR) is 73.4 cm³/mol. The molecule has 0 aromatic carbocycles. The van der Waals surface area contributed by atoms with Crippen molar-refractivity contribution in [3.05, 3.63) is 0 Å². The summed E-state index contributed by atoms with van der Waals surface area (Å²) in [5.74, 6) is -0.119. The van der Waals surface area contributed by atoms with E-state index in [0.29, 0.717) is 39.1 Å². The zero-order valence-electron chi connectivity index (χ0n) is 11.9. The molecule has 1 unspecified atom stereocenters. The minimum atomic E-state index is -3.34. The first kappa shape index (κ1) is 15.2. The van der Waals surface area contributed by atoms with Crippen molar-refractivity contribution in [1.82, 2.24) is 14.1 Å². The molecule has 0 bridgehead atoms. The van der Waals surface area contributed by atoms with Crippen molar-refractivity contribution in [3.63, 3.8) is 0 Å². The summed E-state index contributed by atoms with van der Waals surface area (Å²) in [6.45, 7) is 3.93. The molecule has 0 aliphatic carbocycles. The summed E-state index contributed by atoms with van der Waals surface area (Å²) in [5.41, 5.74) is 0. The van der Waals surface area contributed by atoms with Gasteiger partial charge in [0, 0.05) is 39.6 Å². The van der Waals surface area contributed by atoms with Gasteiger partial charge in [0.05, 0.1) is 6.26 Å². The molecule has 2 saturated heterocycles. The van der Waals surface area contributed by atoms with Crippen LogP contribution in [0.1, 0.15) is 19.8 Å². The Morgan fingerprint density at radius 2 is 1.55 bits per heavy atom. The van der Waals surface area contributed by atoms with Crippen molar-refractivity contribution in [3.8, 4) is 0 Å². The average molecular weight is 303 g/mol. The highest BCUT2D eigenvalue weighted by Crippen LogP contribution is 2.22. The molecular formula is C12H21N3O4S. The molecule has 2 rings (SSSR count). The fraction of sp³-hybridized carbons (Fsp3) is 0.833. The van der Waals surface area contributed by atoms with E-state index >= 15 is 0 Å². The molecule has 8 heteroatoms. The Bertz CT molecular complexity index is 497. The Morgan fingerprint density at radius 1 is 1.00 bits per heavy atom. The monoisotopic (exact) mass is 303 g/mol. The number of carbonyl (C=O) groups is 2. The van der Waals surface area contributed by atoms with Crippen LogP contribution in [-0.4, -0.2) is 79.4 Å². The Hall–Kier alpha value is -1.15. The van der Waals surface area contributed by atoms with Crippen LogP contribution in [0.2, 0.25) is 0 Å². The number of hydrogen-bond acceptors (Lipinski definition) is 4. The highest BCUT2D eigenvalue weighted by Gasteiger charge is 2.39. The van der Waals surface area contributed by atoms with Crippen LogP contribution in [0.5, 0.6) is 0 Å². The van der Waals surface area contributed by atoms with E-state index in [1.54, 1.807) is 9.80 Å². The number of rotatable bonds is 2. The van der Waals surface area contributed by atoms with Crippen LogP contribution < -0.4 is 0 Å². The highest BCUT2D eigenvalue weighted by atomic mass is 32.2. The van der Waals surface area contributed by atoms with Gasteiger partial charge in [-0.3, -0.25) is 9.59 Å². The first-order valence-electron chi connectivity index (χ1n) is 6.82. The number of hydrogen-bond donors (Lipinski definition) is 0. The number of nitrogens with zero attached hydrogens (tertiary/aromatic N) is 3. The minimum absolute atomic E-state index is 0.00993. The normalized spacial score (nSPS) is 25.0. The van der Waals surface area contributed by atoms with Gasteiger partial charge >= 0.3 is 0 Å². The van der Waals surface area contributed by atoms with E-state index in [4.69, 9.17) is 0 Å². The smallest absolute Gasteiger partial charge is 0.241 e. The van der Waals surface area contributed by atoms with E-state index in [9.17, 15) is 18.0 Å². The molecule has 0 aromatic heterocycles. The summed E-state index contributed by atoms with van der Waals surface area (Å²) in [7, 11) is -3.34. The lowest BCUT2D eigenvalue weighted by atomic mass is 10.2. The number of amides is 2. The molecule has 2 aliphatic rings. The maximum atomic E-state index is 12.5. The van der Waals surface area contributed by atoms with Gasteiger partial charge in [-0.15, -0.1) is 0 Å². The summed E-state index contributed by atoms with van der Waals surface area (Å²) in [6, 6.07) is -0.561. The van der Waals surface area contributed by atoms with Crippen LogP contribution in [0.4, 0.5) is 0 Å². The van der Waals surface area contributed by atoms with E-state index in [0.717, 1.165) is 12.7 Å². The molecule has 2 heterocycles. The van der Waals surface area contributed by atoms with Gasteiger partial charge in [-0.25, -0.2) is 8.42 Å². The van der Waals surface area contributed by atoms with Crippen LogP contribution in [0, 0.1) is 0 Å². The molecule has 0 spiro atoms. The molecule has 2 amide bonds. The lowest BCUT2D eigenvalue weighted by Gasteiger charge is -2.36. The molecule has 7 nitrogen and oxygen atoms in total. The Kier molecular flexibility index (Phi) is 4.33. The standard InChI is InChI=1S/C12H21N3O4S/c1-10(16)13-6-8-14(9-7-13)12(17)11-4-3-5-15(11)20(2,18)19/h11H,3-9H2,1-2H3. The Morgan fingerprint density at radius 3 is 2.05 bits per heavy atom. The van der Waals surface area contributed by atoms with E-state index in [2.05, 4.69) is 0 Å². The van der Waals surface area contributed by atoms with Crippen molar-refractivity contribution in [2.24, 2.45) is 0 Å². The van der Waals surface area contributed by atoms with Gasteiger partial charge in [0.15, 0.2) is 0 Å². The fourth-order valence-corrected chi connectivity index (χ4v) is 3.95. The zero-order valence-corrected chi connectivity index (χ0v) is 12.7. The molecule has 0 saturated carbocycles. The van der Waals surface area contributed by atoms with Crippen LogP contribution in [-0.2, 0) is 19.6 Å². The van der Waals surface area contributed by atoms with E-state index < -0.39 is 16.1 Å². The van der Waals surface area contributed by atoms with Crippen LogP contribution in [0.3, 0.4) is 0 Å². The summed E-state index contributed by atoms with van der Waals surface area (Å²) in [4.78, 5) is 27.1. The number of carbonyl (C=O) groups excluding carboxylic acids is 2. The van der Waals surface area contributed by atoms with Gasteiger partial charge in [0.1, 0.15) is 6.04 Å². The van der Waals surface area contributed by atoms with Crippen LogP contribution >= 0.6 is 0 Å². The van der Waals surface area contributed by atoms with Crippen molar-refractivity contribution < 1.29 is 18.0 Å². The maximum Gasteiger partial charge on any atom is 0.241 e. The van der Waals surface area contributed by atoms with Crippen LogP contribution in [0.25, 0.3) is 0 Å². The van der Waals surface area contributed by atoms with Gasteiger partial charge in [0.2, 0.25) is 21.8 Å². The first-order valence-corrected chi connectivity index (χ1v) is 8.66. The number of sulfonamides is 1. The van der Waals surface area contributed by atoms with Crippen molar-refractivity contribution in [2.75, 3.05) is 39.0 Å².